The lowest BCUT2D eigenvalue weighted by Crippen LogP contribution is -2.28. The van der Waals surface area contributed by atoms with Gasteiger partial charge in [0.05, 0.1) is 0 Å². The summed E-state index contributed by atoms with van der Waals surface area (Å²) >= 11 is 5.36. The zero-order valence-electron chi connectivity index (χ0n) is 10.3. The standard InChI is InChI=1S/C11H9ClFNO2.C2H6/c12-9(15)11(5-6-11)10(16)14-8-3-1-7(13)2-4-8;1-2/h1-4H,5-6H2,(H,14,16);1-2H3. The molecule has 3 nitrogen and oxygen atoms in total. The van der Waals surface area contributed by atoms with Crippen molar-refractivity contribution in [3.63, 3.8) is 0 Å². The van der Waals surface area contributed by atoms with Gasteiger partial charge in [-0.3, -0.25) is 9.59 Å². The van der Waals surface area contributed by atoms with Gasteiger partial charge in [-0.25, -0.2) is 4.39 Å². The minimum Gasteiger partial charge on any atom is -0.325 e. The van der Waals surface area contributed by atoms with E-state index in [-0.39, 0.29) is 5.82 Å². The van der Waals surface area contributed by atoms with Crippen LogP contribution in [0.5, 0.6) is 0 Å². The van der Waals surface area contributed by atoms with Crippen LogP contribution >= 0.6 is 11.6 Å². The molecule has 1 N–H and O–H groups in total. The molecule has 98 valence electrons. The largest absolute Gasteiger partial charge is 0.325 e. The van der Waals surface area contributed by atoms with Crippen molar-refractivity contribution in [2.24, 2.45) is 5.41 Å². The van der Waals surface area contributed by atoms with Crippen LogP contribution in [0.4, 0.5) is 10.1 Å². The lowest BCUT2D eigenvalue weighted by molar-refractivity contribution is -0.128. The fourth-order valence-electron chi connectivity index (χ4n) is 1.42. The smallest absolute Gasteiger partial charge is 0.239 e. The first kappa shape index (κ1) is 14.6. The number of hydrogen-bond donors (Lipinski definition) is 1. The third kappa shape index (κ3) is 3.07. The SMILES string of the molecule is CC.O=C(Cl)C1(C(=O)Nc2ccc(F)cc2)CC1. The molecule has 1 saturated carbocycles. The normalized spacial score (nSPS) is 15.1. The first-order valence-electron chi connectivity index (χ1n) is 5.81. The number of nitrogens with one attached hydrogen (secondary N) is 1. The Balaban J connectivity index is 0.000000771. The minimum absolute atomic E-state index is 0.382. The number of carbonyl (C=O) groups is 2. The third-order valence-electron chi connectivity index (χ3n) is 2.66. The monoisotopic (exact) mass is 271 g/mol. The predicted octanol–water partition coefficient (Wildman–Crippen LogP) is 3.34. The molecule has 0 atom stereocenters. The van der Waals surface area contributed by atoms with E-state index in [0.717, 1.165) is 0 Å². The summed E-state index contributed by atoms with van der Waals surface area (Å²) in [6.07, 6.45) is 0.949. The van der Waals surface area contributed by atoms with Gasteiger partial charge in [-0.1, -0.05) is 13.8 Å². The molecule has 0 bridgehead atoms. The number of halogens is 2. The van der Waals surface area contributed by atoms with Crippen molar-refractivity contribution >= 4 is 28.4 Å². The van der Waals surface area contributed by atoms with Crippen LogP contribution in [-0.2, 0) is 9.59 Å². The summed E-state index contributed by atoms with van der Waals surface area (Å²) in [5, 5.41) is 1.91. The van der Waals surface area contributed by atoms with E-state index in [1.807, 2.05) is 13.8 Å². The molecule has 1 aromatic carbocycles. The summed E-state index contributed by atoms with van der Waals surface area (Å²) in [5.41, 5.74) is -0.605. The average molecular weight is 272 g/mol. The lowest BCUT2D eigenvalue weighted by Gasteiger charge is -2.10. The fourth-order valence-corrected chi connectivity index (χ4v) is 1.70. The molecule has 1 aliphatic carbocycles. The lowest BCUT2D eigenvalue weighted by atomic mass is 10.1. The zero-order chi connectivity index (χ0) is 13.8. The minimum atomic E-state index is -1.06. The second-order valence-corrected chi connectivity index (χ2v) is 4.16. The topological polar surface area (TPSA) is 46.2 Å². The van der Waals surface area contributed by atoms with Gasteiger partial charge in [-0.2, -0.15) is 0 Å². The summed E-state index contributed by atoms with van der Waals surface area (Å²) in [6.45, 7) is 4.00. The molecule has 1 fully saturated rings. The van der Waals surface area contributed by atoms with E-state index in [1.54, 1.807) is 0 Å². The Morgan fingerprint density at radius 2 is 1.72 bits per heavy atom. The van der Waals surface area contributed by atoms with Gasteiger partial charge in [-0.15, -0.1) is 0 Å². The summed E-state index contributed by atoms with van der Waals surface area (Å²) < 4.78 is 12.6. The molecule has 0 unspecified atom stereocenters. The van der Waals surface area contributed by atoms with E-state index in [2.05, 4.69) is 5.32 Å². The molecule has 5 heteroatoms. The molecule has 0 saturated heterocycles. The molecular weight excluding hydrogens is 257 g/mol. The fraction of sp³-hybridized carbons (Fsp3) is 0.385. The van der Waals surface area contributed by atoms with Crippen molar-refractivity contribution in [3.8, 4) is 0 Å². The Bertz CT molecular complexity index is 441. The molecule has 0 heterocycles. The van der Waals surface area contributed by atoms with Gasteiger partial charge in [0, 0.05) is 5.69 Å². The highest BCUT2D eigenvalue weighted by Gasteiger charge is 2.55. The number of benzene rings is 1. The molecule has 1 aromatic rings. The van der Waals surface area contributed by atoms with Crippen molar-refractivity contribution in [3.05, 3.63) is 30.1 Å². The van der Waals surface area contributed by atoms with Gasteiger partial charge in [0.15, 0.2) is 0 Å². The molecule has 0 aromatic heterocycles. The van der Waals surface area contributed by atoms with E-state index in [9.17, 15) is 14.0 Å². The number of hydrogen-bond acceptors (Lipinski definition) is 2. The molecule has 0 spiro atoms. The highest BCUT2D eigenvalue weighted by molar-refractivity contribution is 6.67. The van der Waals surface area contributed by atoms with Gasteiger partial charge < -0.3 is 5.32 Å². The third-order valence-corrected chi connectivity index (χ3v) is 3.02. The Morgan fingerprint density at radius 3 is 2.11 bits per heavy atom. The number of amides is 1. The van der Waals surface area contributed by atoms with Gasteiger partial charge in [0.2, 0.25) is 11.1 Å². The number of anilines is 1. The maximum absolute atomic E-state index is 12.6. The Hall–Kier alpha value is -1.42. The predicted molar refractivity (Wildman–Crippen MR) is 68.9 cm³/mol. The quantitative estimate of drug-likeness (QED) is 0.677. The second kappa shape index (κ2) is 5.96. The Morgan fingerprint density at radius 1 is 1.22 bits per heavy atom. The van der Waals surface area contributed by atoms with Gasteiger partial charge in [0.1, 0.15) is 11.2 Å². The van der Waals surface area contributed by atoms with Crippen LogP contribution in [0.15, 0.2) is 24.3 Å². The molecule has 2 rings (SSSR count). The van der Waals surface area contributed by atoms with E-state index in [4.69, 9.17) is 11.6 Å². The highest BCUT2D eigenvalue weighted by atomic mass is 35.5. The van der Waals surface area contributed by atoms with Crippen LogP contribution in [0.25, 0.3) is 0 Å². The molecule has 0 aliphatic heterocycles. The second-order valence-electron chi connectivity index (χ2n) is 3.82. The molecule has 18 heavy (non-hydrogen) atoms. The first-order valence-corrected chi connectivity index (χ1v) is 6.19. The highest BCUT2D eigenvalue weighted by Crippen LogP contribution is 2.48. The van der Waals surface area contributed by atoms with E-state index in [1.165, 1.54) is 24.3 Å². The average Bonchev–Trinajstić information content (AvgIpc) is 3.16. The number of rotatable bonds is 3. The van der Waals surface area contributed by atoms with Crippen LogP contribution in [0.2, 0.25) is 0 Å². The van der Waals surface area contributed by atoms with E-state index >= 15 is 0 Å². The first-order chi connectivity index (χ1) is 8.54. The van der Waals surface area contributed by atoms with Crippen molar-refractivity contribution in [2.45, 2.75) is 26.7 Å². The summed E-state index contributed by atoms with van der Waals surface area (Å²) in [4.78, 5) is 22.8. The Labute approximate surface area is 110 Å². The van der Waals surface area contributed by atoms with Crippen LogP contribution in [0.1, 0.15) is 26.7 Å². The summed E-state index contributed by atoms with van der Waals surface area (Å²) in [7, 11) is 0. The van der Waals surface area contributed by atoms with Crippen LogP contribution in [0.3, 0.4) is 0 Å². The maximum Gasteiger partial charge on any atom is 0.239 e. The van der Waals surface area contributed by atoms with Gasteiger partial charge >= 0.3 is 0 Å². The molecular formula is C13H15ClFNO2. The molecule has 1 amide bonds. The van der Waals surface area contributed by atoms with Gasteiger partial charge in [0.25, 0.3) is 0 Å². The molecule has 1 aliphatic rings. The van der Waals surface area contributed by atoms with E-state index in [0.29, 0.717) is 18.5 Å². The molecule has 0 radical (unpaired) electrons. The summed E-state index contributed by atoms with van der Waals surface area (Å²) in [5.74, 6) is -0.799. The van der Waals surface area contributed by atoms with E-state index < -0.39 is 16.6 Å². The van der Waals surface area contributed by atoms with Crippen molar-refractivity contribution in [1.82, 2.24) is 0 Å². The maximum atomic E-state index is 12.6. The van der Waals surface area contributed by atoms with Crippen LogP contribution < -0.4 is 5.32 Å². The van der Waals surface area contributed by atoms with Crippen molar-refractivity contribution in [2.75, 3.05) is 5.32 Å². The zero-order valence-corrected chi connectivity index (χ0v) is 11.1. The number of carbonyl (C=O) groups excluding carboxylic acids is 2. The van der Waals surface area contributed by atoms with Crippen molar-refractivity contribution in [1.29, 1.82) is 0 Å². The van der Waals surface area contributed by atoms with Crippen LogP contribution in [0, 0.1) is 11.2 Å². The van der Waals surface area contributed by atoms with Gasteiger partial charge in [-0.05, 0) is 48.7 Å². The van der Waals surface area contributed by atoms with Crippen LogP contribution in [-0.4, -0.2) is 11.1 Å². The summed E-state index contributed by atoms with van der Waals surface area (Å²) in [6, 6.07) is 5.33. The Kier molecular flexibility index (Phi) is 4.84. The van der Waals surface area contributed by atoms with Crippen molar-refractivity contribution < 1.29 is 14.0 Å².